The number of nitrogens with zero attached hydrogens (tertiary/aromatic N) is 1. The van der Waals surface area contributed by atoms with E-state index in [9.17, 15) is 4.79 Å². The molecule has 0 fully saturated rings. The van der Waals surface area contributed by atoms with E-state index in [1.54, 1.807) is 6.08 Å². The molecule has 94 valence electrons. The molecule has 18 heavy (non-hydrogen) atoms. The molecule has 1 aromatic rings. The van der Waals surface area contributed by atoms with Crippen LogP contribution in [0.4, 0.5) is 5.69 Å². The Balaban J connectivity index is 2.19. The largest absolute Gasteiger partial charge is 0.478 e. The van der Waals surface area contributed by atoms with Crippen LogP contribution in [0.1, 0.15) is 12.0 Å². The van der Waals surface area contributed by atoms with Crippen LogP contribution in [-0.4, -0.2) is 24.2 Å². The number of hydrogen-bond donors (Lipinski definition) is 1. The van der Waals surface area contributed by atoms with Gasteiger partial charge in [-0.3, -0.25) is 0 Å². The van der Waals surface area contributed by atoms with Crippen molar-refractivity contribution >= 4 is 33.7 Å². The molecular formula is C14H14BrNO2. The summed E-state index contributed by atoms with van der Waals surface area (Å²) < 4.78 is 0.909. The molecule has 0 unspecified atom stereocenters. The second-order valence-electron chi connectivity index (χ2n) is 4.08. The molecule has 3 nitrogen and oxygen atoms in total. The van der Waals surface area contributed by atoms with E-state index in [4.69, 9.17) is 5.11 Å². The monoisotopic (exact) mass is 307 g/mol. The van der Waals surface area contributed by atoms with Crippen molar-refractivity contribution in [3.05, 3.63) is 46.5 Å². The van der Waals surface area contributed by atoms with Crippen LogP contribution in [0.25, 0.3) is 6.08 Å². The van der Waals surface area contributed by atoms with Crippen LogP contribution >= 0.6 is 15.9 Å². The molecule has 4 heteroatoms. The zero-order valence-corrected chi connectivity index (χ0v) is 11.4. The van der Waals surface area contributed by atoms with Gasteiger partial charge in [-0.1, -0.05) is 34.1 Å². The van der Waals surface area contributed by atoms with Gasteiger partial charge in [0.05, 0.1) is 0 Å². The van der Waals surface area contributed by atoms with E-state index in [0.717, 1.165) is 41.3 Å². The number of hydrogen-bond acceptors (Lipinski definition) is 2. The molecule has 0 spiro atoms. The van der Waals surface area contributed by atoms with E-state index >= 15 is 0 Å². The molecule has 1 aliphatic heterocycles. The van der Waals surface area contributed by atoms with Crippen molar-refractivity contribution in [2.24, 2.45) is 0 Å². The summed E-state index contributed by atoms with van der Waals surface area (Å²) >= 11 is 3.48. The van der Waals surface area contributed by atoms with E-state index in [2.05, 4.69) is 33.0 Å². The summed E-state index contributed by atoms with van der Waals surface area (Å²) in [5.74, 6) is -0.938. The second kappa shape index (κ2) is 5.87. The van der Waals surface area contributed by atoms with Gasteiger partial charge in [0.15, 0.2) is 0 Å². The maximum atomic E-state index is 10.5. The lowest BCUT2D eigenvalue weighted by Gasteiger charge is -2.26. The predicted molar refractivity (Wildman–Crippen MR) is 76.8 cm³/mol. The lowest BCUT2D eigenvalue weighted by molar-refractivity contribution is -0.131. The highest BCUT2D eigenvalue weighted by Crippen LogP contribution is 2.26. The molecule has 1 heterocycles. The number of carboxylic acids is 1. The predicted octanol–water partition coefficient (Wildman–Crippen LogP) is 3.31. The first-order chi connectivity index (χ1) is 8.66. The smallest absolute Gasteiger partial charge is 0.328 e. The number of carbonyl (C=O) groups is 1. The minimum absolute atomic E-state index is 0.869. The summed E-state index contributed by atoms with van der Waals surface area (Å²) in [5.41, 5.74) is 2.02. The van der Waals surface area contributed by atoms with Gasteiger partial charge >= 0.3 is 5.97 Å². The quantitative estimate of drug-likeness (QED) is 0.688. The number of rotatable bonds is 3. The SMILES string of the molecule is O=C(O)/C=C/c1ccc(N2CC=CCC2)cc1Br. The Morgan fingerprint density at radius 1 is 1.39 bits per heavy atom. The summed E-state index contributed by atoms with van der Waals surface area (Å²) in [7, 11) is 0. The van der Waals surface area contributed by atoms with Crippen molar-refractivity contribution in [2.45, 2.75) is 6.42 Å². The van der Waals surface area contributed by atoms with Gasteiger partial charge in [0, 0.05) is 29.3 Å². The minimum Gasteiger partial charge on any atom is -0.478 e. The maximum absolute atomic E-state index is 10.5. The Kier molecular flexibility index (Phi) is 4.20. The Bertz CT molecular complexity index is 509. The van der Waals surface area contributed by atoms with E-state index in [1.165, 1.54) is 0 Å². The van der Waals surface area contributed by atoms with Crippen LogP contribution in [-0.2, 0) is 4.79 Å². The molecule has 1 aromatic carbocycles. The van der Waals surface area contributed by atoms with Crippen LogP contribution < -0.4 is 4.90 Å². The molecule has 1 N–H and O–H groups in total. The first kappa shape index (κ1) is 12.9. The maximum Gasteiger partial charge on any atom is 0.328 e. The molecule has 1 aliphatic rings. The zero-order chi connectivity index (χ0) is 13.0. The van der Waals surface area contributed by atoms with Crippen LogP contribution in [0.2, 0.25) is 0 Å². The third-order valence-corrected chi connectivity index (χ3v) is 3.50. The van der Waals surface area contributed by atoms with Gasteiger partial charge in [-0.15, -0.1) is 0 Å². The highest BCUT2D eigenvalue weighted by molar-refractivity contribution is 9.10. The molecule has 0 saturated carbocycles. The minimum atomic E-state index is -0.938. The highest BCUT2D eigenvalue weighted by Gasteiger charge is 2.08. The van der Waals surface area contributed by atoms with Crippen LogP contribution in [0, 0.1) is 0 Å². The third-order valence-electron chi connectivity index (χ3n) is 2.81. The normalized spacial score (nSPS) is 15.3. The fourth-order valence-corrected chi connectivity index (χ4v) is 2.38. The number of aliphatic carboxylic acids is 1. The van der Waals surface area contributed by atoms with Crippen molar-refractivity contribution in [3.63, 3.8) is 0 Å². The molecule has 0 amide bonds. The molecule has 2 rings (SSSR count). The average Bonchev–Trinajstić information content (AvgIpc) is 2.38. The summed E-state index contributed by atoms with van der Waals surface area (Å²) in [6.45, 7) is 1.95. The van der Waals surface area contributed by atoms with Gasteiger partial charge in [-0.25, -0.2) is 4.79 Å². The van der Waals surface area contributed by atoms with Gasteiger partial charge in [0.1, 0.15) is 0 Å². The fraction of sp³-hybridized carbons (Fsp3) is 0.214. The summed E-state index contributed by atoms with van der Waals surface area (Å²) in [5, 5.41) is 8.61. The summed E-state index contributed by atoms with van der Waals surface area (Å²) in [4.78, 5) is 12.8. The van der Waals surface area contributed by atoms with Crippen molar-refractivity contribution in [1.82, 2.24) is 0 Å². The molecule has 0 aromatic heterocycles. The number of halogens is 1. The third kappa shape index (κ3) is 3.23. The number of carboxylic acid groups (broad SMARTS) is 1. The standard InChI is InChI=1S/C14H14BrNO2/c15-13-10-12(16-8-2-1-3-9-16)6-4-11(13)5-7-14(17)18/h1-2,4-7,10H,3,8-9H2,(H,17,18)/b7-5+. The van der Waals surface area contributed by atoms with Crippen molar-refractivity contribution < 1.29 is 9.90 Å². The topological polar surface area (TPSA) is 40.5 Å². The number of benzene rings is 1. The summed E-state index contributed by atoms with van der Waals surface area (Å²) in [6, 6.07) is 5.98. The Hall–Kier alpha value is -1.55. The Labute approximate surface area is 115 Å². The first-order valence-corrected chi connectivity index (χ1v) is 6.56. The fourth-order valence-electron chi connectivity index (χ4n) is 1.88. The van der Waals surface area contributed by atoms with Crippen molar-refractivity contribution in [2.75, 3.05) is 18.0 Å². The molecular weight excluding hydrogens is 294 g/mol. The average molecular weight is 308 g/mol. The lowest BCUT2D eigenvalue weighted by Crippen LogP contribution is -2.26. The number of anilines is 1. The van der Waals surface area contributed by atoms with Crippen LogP contribution in [0.15, 0.2) is 40.9 Å². The van der Waals surface area contributed by atoms with Crippen molar-refractivity contribution in [3.8, 4) is 0 Å². The molecule has 0 aliphatic carbocycles. The van der Waals surface area contributed by atoms with E-state index in [1.807, 2.05) is 18.2 Å². The lowest BCUT2D eigenvalue weighted by atomic mass is 10.1. The first-order valence-electron chi connectivity index (χ1n) is 5.77. The van der Waals surface area contributed by atoms with Gasteiger partial charge in [0.2, 0.25) is 0 Å². The molecule has 0 atom stereocenters. The molecule has 0 saturated heterocycles. The van der Waals surface area contributed by atoms with Gasteiger partial charge in [-0.2, -0.15) is 0 Å². The highest BCUT2D eigenvalue weighted by atomic mass is 79.9. The van der Waals surface area contributed by atoms with E-state index in [0.29, 0.717) is 0 Å². The van der Waals surface area contributed by atoms with E-state index in [-0.39, 0.29) is 0 Å². The van der Waals surface area contributed by atoms with Crippen molar-refractivity contribution in [1.29, 1.82) is 0 Å². The Morgan fingerprint density at radius 2 is 2.22 bits per heavy atom. The molecule has 0 radical (unpaired) electrons. The summed E-state index contributed by atoms with van der Waals surface area (Å²) in [6.07, 6.45) is 8.15. The van der Waals surface area contributed by atoms with Gasteiger partial charge in [0.25, 0.3) is 0 Å². The van der Waals surface area contributed by atoms with Gasteiger partial charge in [-0.05, 0) is 30.2 Å². The zero-order valence-electron chi connectivity index (χ0n) is 9.84. The molecule has 0 bridgehead atoms. The van der Waals surface area contributed by atoms with Crippen LogP contribution in [0.5, 0.6) is 0 Å². The Morgan fingerprint density at radius 3 is 2.83 bits per heavy atom. The van der Waals surface area contributed by atoms with E-state index < -0.39 is 5.97 Å². The van der Waals surface area contributed by atoms with Gasteiger partial charge < -0.3 is 10.0 Å². The second-order valence-corrected chi connectivity index (χ2v) is 4.94. The van der Waals surface area contributed by atoms with Crippen LogP contribution in [0.3, 0.4) is 0 Å².